The molecule has 0 amide bonds. The van der Waals surface area contributed by atoms with Crippen LogP contribution in [0.1, 0.15) is 31.0 Å². The molecule has 2 aromatic rings. The minimum Gasteiger partial charge on any atom is -0.360 e. The van der Waals surface area contributed by atoms with Crippen LogP contribution in [0, 0.1) is 6.92 Å². The Morgan fingerprint density at radius 2 is 1.91 bits per heavy atom. The second-order valence-electron chi connectivity index (χ2n) is 5.63. The van der Waals surface area contributed by atoms with Crippen LogP contribution in [-0.4, -0.2) is 30.1 Å². The van der Waals surface area contributed by atoms with Crippen LogP contribution >= 0.6 is 0 Å². The standard InChI is InChI=1S/C18H26N4/c1-4-5-13-22(3)17-14-15(2)20-18(21-17)19-12-11-16-9-7-6-8-10-16/h6-10,14H,4-5,11-13H2,1-3H3,(H,19,20,21). The Balaban J connectivity index is 1.94. The molecule has 1 heterocycles. The van der Waals surface area contributed by atoms with E-state index in [0.717, 1.165) is 31.0 Å². The van der Waals surface area contributed by atoms with E-state index < -0.39 is 0 Å². The second kappa shape index (κ2) is 8.37. The van der Waals surface area contributed by atoms with Crippen molar-refractivity contribution in [1.82, 2.24) is 9.97 Å². The molecule has 0 aliphatic rings. The summed E-state index contributed by atoms with van der Waals surface area (Å²) in [6.07, 6.45) is 3.34. The van der Waals surface area contributed by atoms with Crippen molar-refractivity contribution in [1.29, 1.82) is 0 Å². The monoisotopic (exact) mass is 298 g/mol. The summed E-state index contributed by atoms with van der Waals surface area (Å²) < 4.78 is 0. The fraction of sp³-hybridized carbons (Fsp3) is 0.444. The van der Waals surface area contributed by atoms with Crippen molar-refractivity contribution in [3.63, 3.8) is 0 Å². The van der Waals surface area contributed by atoms with Crippen molar-refractivity contribution in [2.75, 3.05) is 30.4 Å². The van der Waals surface area contributed by atoms with Gasteiger partial charge in [0.1, 0.15) is 5.82 Å². The van der Waals surface area contributed by atoms with E-state index >= 15 is 0 Å². The van der Waals surface area contributed by atoms with Crippen molar-refractivity contribution in [2.24, 2.45) is 0 Å². The molecule has 4 heteroatoms. The summed E-state index contributed by atoms with van der Waals surface area (Å²) in [5.41, 5.74) is 2.32. The molecule has 0 spiro atoms. The number of nitrogens with one attached hydrogen (secondary N) is 1. The van der Waals surface area contributed by atoms with E-state index in [4.69, 9.17) is 0 Å². The first-order valence-electron chi connectivity index (χ1n) is 8.03. The smallest absolute Gasteiger partial charge is 0.224 e. The molecule has 22 heavy (non-hydrogen) atoms. The predicted molar refractivity (Wildman–Crippen MR) is 93.6 cm³/mol. The molecule has 1 aromatic carbocycles. The van der Waals surface area contributed by atoms with E-state index in [9.17, 15) is 0 Å². The zero-order valence-electron chi connectivity index (χ0n) is 13.8. The predicted octanol–water partition coefficient (Wildman–Crippen LogP) is 3.68. The highest BCUT2D eigenvalue weighted by Crippen LogP contribution is 2.14. The van der Waals surface area contributed by atoms with E-state index in [1.54, 1.807) is 0 Å². The second-order valence-corrected chi connectivity index (χ2v) is 5.63. The number of aromatic nitrogens is 2. The molecule has 118 valence electrons. The zero-order valence-corrected chi connectivity index (χ0v) is 13.8. The van der Waals surface area contributed by atoms with E-state index in [2.05, 4.69) is 58.4 Å². The highest BCUT2D eigenvalue weighted by molar-refractivity contribution is 5.44. The quantitative estimate of drug-likeness (QED) is 0.807. The molecular formula is C18H26N4. The number of hydrogen-bond donors (Lipinski definition) is 1. The van der Waals surface area contributed by atoms with Gasteiger partial charge < -0.3 is 10.2 Å². The van der Waals surface area contributed by atoms with Crippen LogP contribution < -0.4 is 10.2 Å². The van der Waals surface area contributed by atoms with E-state index in [1.807, 2.05) is 19.1 Å². The largest absolute Gasteiger partial charge is 0.360 e. The molecular weight excluding hydrogens is 272 g/mol. The summed E-state index contributed by atoms with van der Waals surface area (Å²) in [5, 5.41) is 3.34. The molecule has 0 saturated heterocycles. The molecule has 0 atom stereocenters. The lowest BCUT2D eigenvalue weighted by atomic mass is 10.1. The molecule has 1 N–H and O–H groups in total. The van der Waals surface area contributed by atoms with E-state index in [-0.39, 0.29) is 0 Å². The van der Waals surface area contributed by atoms with Crippen LogP contribution in [0.5, 0.6) is 0 Å². The molecule has 0 aliphatic heterocycles. The van der Waals surface area contributed by atoms with Gasteiger partial charge in [-0.15, -0.1) is 0 Å². The third kappa shape index (κ3) is 5.02. The highest BCUT2D eigenvalue weighted by Gasteiger charge is 2.06. The summed E-state index contributed by atoms with van der Waals surface area (Å²) in [4.78, 5) is 11.3. The maximum atomic E-state index is 4.62. The Kier molecular flexibility index (Phi) is 6.19. The van der Waals surface area contributed by atoms with Crippen molar-refractivity contribution >= 4 is 11.8 Å². The van der Waals surface area contributed by atoms with Crippen LogP contribution in [0.15, 0.2) is 36.4 Å². The SMILES string of the molecule is CCCCN(C)c1cc(C)nc(NCCc2ccccc2)n1. The summed E-state index contributed by atoms with van der Waals surface area (Å²) in [5.74, 6) is 1.71. The Morgan fingerprint density at radius 3 is 2.64 bits per heavy atom. The van der Waals surface area contributed by atoms with Gasteiger partial charge in [-0.25, -0.2) is 4.98 Å². The summed E-state index contributed by atoms with van der Waals surface area (Å²) in [6, 6.07) is 12.5. The van der Waals surface area contributed by atoms with Crippen LogP contribution in [0.25, 0.3) is 0 Å². The Hall–Kier alpha value is -2.10. The average Bonchev–Trinajstić information content (AvgIpc) is 2.53. The van der Waals surface area contributed by atoms with Gasteiger partial charge in [0.2, 0.25) is 5.95 Å². The van der Waals surface area contributed by atoms with Gasteiger partial charge in [-0.05, 0) is 25.3 Å². The maximum absolute atomic E-state index is 4.62. The van der Waals surface area contributed by atoms with Crippen LogP contribution in [0.4, 0.5) is 11.8 Å². The van der Waals surface area contributed by atoms with Gasteiger partial charge in [0.25, 0.3) is 0 Å². The van der Waals surface area contributed by atoms with Crippen molar-refractivity contribution < 1.29 is 0 Å². The van der Waals surface area contributed by atoms with E-state index in [1.165, 1.54) is 18.4 Å². The third-order valence-corrected chi connectivity index (χ3v) is 3.62. The number of rotatable bonds is 8. The normalized spacial score (nSPS) is 10.5. The number of unbranched alkanes of at least 4 members (excludes halogenated alkanes) is 1. The van der Waals surface area contributed by atoms with Gasteiger partial charge >= 0.3 is 0 Å². The summed E-state index contributed by atoms with van der Waals surface area (Å²) in [6.45, 7) is 6.08. The molecule has 0 fully saturated rings. The fourth-order valence-corrected chi connectivity index (χ4v) is 2.30. The molecule has 0 unspecified atom stereocenters. The molecule has 1 aromatic heterocycles. The topological polar surface area (TPSA) is 41.1 Å². The van der Waals surface area contributed by atoms with Gasteiger partial charge in [0.15, 0.2) is 0 Å². The average molecular weight is 298 g/mol. The van der Waals surface area contributed by atoms with Gasteiger partial charge in [-0.2, -0.15) is 4.98 Å². The lowest BCUT2D eigenvalue weighted by Gasteiger charge is -2.19. The summed E-state index contributed by atoms with van der Waals surface area (Å²) in [7, 11) is 2.09. The molecule has 0 bridgehead atoms. The highest BCUT2D eigenvalue weighted by atomic mass is 15.2. The lowest BCUT2D eigenvalue weighted by molar-refractivity contribution is 0.757. The Bertz CT molecular complexity index is 569. The molecule has 0 saturated carbocycles. The minimum atomic E-state index is 0.717. The minimum absolute atomic E-state index is 0.717. The Morgan fingerprint density at radius 1 is 1.14 bits per heavy atom. The zero-order chi connectivity index (χ0) is 15.8. The van der Waals surface area contributed by atoms with Crippen molar-refractivity contribution in [3.05, 3.63) is 47.7 Å². The molecule has 0 aliphatic carbocycles. The van der Waals surface area contributed by atoms with Gasteiger partial charge in [-0.1, -0.05) is 43.7 Å². The number of hydrogen-bond acceptors (Lipinski definition) is 4. The fourth-order valence-electron chi connectivity index (χ4n) is 2.30. The first-order valence-corrected chi connectivity index (χ1v) is 8.03. The number of nitrogens with zero attached hydrogens (tertiary/aromatic N) is 3. The first-order chi connectivity index (χ1) is 10.7. The van der Waals surface area contributed by atoms with Gasteiger partial charge in [0.05, 0.1) is 0 Å². The van der Waals surface area contributed by atoms with Crippen LogP contribution in [-0.2, 0) is 6.42 Å². The van der Waals surface area contributed by atoms with Crippen LogP contribution in [0.2, 0.25) is 0 Å². The molecule has 2 rings (SSSR count). The van der Waals surface area contributed by atoms with Crippen molar-refractivity contribution in [3.8, 4) is 0 Å². The van der Waals surface area contributed by atoms with Gasteiger partial charge in [0, 0.05) is 31.9 Å². The molecule has 0 radical (unpaired) electrons. The van der Waals surface area contributed by atoms with E-state index in [0.29, 0.717) is 5.95 Å². The molecule has 4 nitrogen and oxygen atoms in total. The van der Waals surface area contributed by atoms with Crippen molar-refractivity contribution in [2.45, 2.75) is 33.1 Å². The maximum Gasteiger partial charge on any atom is 0.224 e. The Labute approximate surface area is 133 Å². The number of anilines is 2. The number of aryl methyl sites for hydroxylation is 1. The summed E-state index contributed by atoms with van der Waals surface area (Å²) >= 11 is 0. The number of benzene rings is 1. The van der Waals surface area contributed by atoms with Crippen LogP contribution in [0.3, 0.4) is 0 Å². The first kappa shape index (κ1) is 16.3. The lowest BCUT2D eigenvalue weighted by Crippen LogP contribution is -2.21. The third-order valence-electron chi connectivity index (χ3n) is 3.62. The van der Waals surface area contributed by atoms with Gasteiger partial charge in [-0.3, -0.25) is 0 Å².